The van der Waals surface area contributed by atoms with E-state index in [1.54, 1.807) is 0 Å². The van der Waals surface area contributed by atoms with Crippen LogP contribution in [0.1, 0.15) is 31.7 Å². The van der Waals surface area contributed by atoms with E-state index in [2.05, 4.69) is 57.4 Å². The van der Waals surface area contributed by atoms with Gasteiger partial charge in [0, 0.05) is 18.4 Å². The predicted molar refractivity (Wildman–Crippen MR) is 72.0 cm³/mol. The molecule has 16 heavy (non-hydrogen) atoms. The van der Waals surface area contributed by atoms with Crippen LogP contribution >= 0.6 is 15.9 Å². The molecule has 0 amide bonds. The van der Waals surface area contributed by atoms with Crippen LogP contribution in [-0.2, 0) is 13.1 Å². The van der Waals surface area contributed by atoms with Gasteiger partial charge < -0.3 is 0 Å². The lowest BCUT2D eigenvalue weighted by atomic mass is 10.3. The summed E-state index contributed by atoms with van der Waals surface area (Å²) in [6.45, 7) is 10.6. The number of aromatic nitrogens is 2. The zero-order valence-electron chi connectivity index (χ0n) is 10.5. The Bertz CT molecular complexity index is 309. The molecular weight excluding hydrogens is 266 g/mol. The quantitative estimate of drug-likeness (QED) is 0.719. The van der Waals surface area contributed by atoms with Crippen molar-refractivity contribution in [2.45, 2.75) is 40.3 Å². The monoisotopic (exact) mass is 287 g/mol. The molecule has 0 saturated carbocycles. The van der Waals surface area contributed by atoms with Crippen LogP contribution in [-0.4, -0.2) is 33.1 Å². The third-order valence-electron chi connectivity index (χ3n) is 2.73. The van der Waals surface area contributed by atoms with E-state index in [4.69, 9.17) is 0 Å². The van der Waals surface area contributed by atoms with Crippen LogP contribution in [0.15, 0.2) is 6.07 Å². The van der Waals surface area contributed by atoms with Gasteiger partial charge in [0.25, 0.3) is 0 Å². The lowest BCUT2D eigenvalue weighted by Gasteiger charge is -2.20. The van der Waals surface area contributed by atoms with Crippen LogP contribution in [0.5, 0.6) is 0 Å². The molecule has 1 rings (SSSR count). The molecule has 0 aliphatic heterocycles. The maximum absolute atomic E-state index is 4.48. The highest BCUT2D eigenvalue weighted by atomic mass is 79.9. The minimum Gasteiger partial charge on any atom is -0.298 e. The van der Waals surface area contributed by atoms with E-state index in [0.717, 1.165) is 37.2 Å². The molecular formula is C12H22BrN3. The lowest BCUT2D eigenvalue weighted by Crippen LogP contribution is -2.25. The molecule has 0 unspecified atom stereocenters. The Morgan fingerprint density at radius 3 is 2.75 bits per heavy atom. The van der Waals surface area contributed by atoms with Gasteiger partial charge in [0.1, 0.15) is 0 Å². The Morgan fingerprint density at radius 1 is 1.44 bits per heavy atom. The molecule has 1 aromatic rings. The summed E-state index contributed by atoms with van der Waals surface area (Å²) in [5, 5.41) is 5.56. The van der Waals surface area contributed by atoms with E-state index in [0.29, 0.717) is 0 Å². The predicted octanol–water partition coefficient (Wildman–Crippen LogP) is 2.82. The fraction of sp³-hybridized carbons (Fsp3) is 0.750. The van der Waals surface area contributed by atoms with Crippen LogP contribution in [0.2, 0.25) is 0 Å². The van der Waals surface area contributed by atoms with Crippen molar-refractivity contribution in [3.63, 3.8) is 0 Å². The van der Waals surface area contributed by atoms with Crippen molar-refractivity contribution >= 4 is 15.9 Å². The van der Waals surface area contributed by atoms with Crippen molar-refractivity contribution in [3.05, 3.63) is 17.5 Å². The summed E-state index contributed by atoms with van der Waals surface area (Å²) < 4.78 is 2.10. The van der Waals surface area contributed by atoms with Crippen molar-refractivity contribution in [3.8, 4) is 0 Å². The SMILES string of the molecule is CCN(CCCBr)Cc1cc(C)nn1CC. The number of hydrogen-bond acceptors (Lipinski definition) is 2. The number of alkyl halides is 1. The molecule has 0 aliphatic carbocycles. The highest BCUT2D eigenvalue weighted by molar-refractivity contribution is 9.09. The van der Waals surface area contributed by atoms with Crippen molar-refractivity contribution < 1.29 is 0 Å². The highest BCUT2D eigenvalue weighted by Gasteiger charge is 2.08. The molecule has 1 heterocycles. The van der Waals surface area contributed by atoms with Gasteiger partial charge in [0.2, 0.25) is 0 Å². The first-order valence-electron chi connectivity index (χ1n) is 6.02. The maximum Gasteiger partial charge on any atom is 0.0597 e. The van der Waals surface area contributed by atoms with Gasteiger partial charge in [-0.2, -0.15) is 5.10 Å². The summed E-state index contributed by atoms with van der Waals surface area (Å²) in [6.07, 6.45) is 1.20. The van der Waals surface area contributed by atoms with Crippen LogP contribution in [0, 0.1) is 6.92 Å². The summed E-state index contributed by atoms with van der Waals surface area (Å²) in [5.41, 5.74) is 2.45. The van der Waals surface area contributed by atoms with Gasteiger partial charge in [-0.25, -0.2) is 0 Å². The minimum absolute atomic E-state index is 0.958. The molecule has 0 aromatic carbocycles. The molecule has 0 N–H and O–H groups in total. The molecule has 92 valence electrons. The molecule has 0 bridgehead atoms. The molecule has 0 spiro atoms. The molecule has 0 fully saturated rings. The van der Waals surface area contributed by atoms with E-state index >= 15 is 0 Å². The summed E-state index contributed by atoms with van der Waals surface area (Å²) in [7, 11) is 0. The number of halogens is 1. The number of rotatable bonds is 7. The number of aryl methyl sites for hydroxylation is 2. The summed E-state index contributed by atoms with van der Waals surface area (Å²) >= 11 is 3.48. The largest absolute Gasteiger partial charge is 0.298 e. The molecule has 1 aromatic heterocycles. The van der Waals surface area contributed by atoms with Crippen LogP contribution < -0.4 is 0 Å². The Hall–Kier alpha value is -0.350. The third-order valence-corrected chi connectivity index (χ3v) is 3.29. The summed E-state index contributed by atoms with van der Waals surface area (Å²) in [6, 6.07) is 2.19. The number of nitrogens with zero attached hydrogens (tertiary/aromatic N) is 3. The van der Waals surface area contributed by atoms with Gasteiger partial charge >= 0.3 is 0 Å². The first kappa shape index (κ1) is 13.7. The zero-order chi connectivity index (χ0) is 12.0. The van der Waals surface area contributed by atoms with Crippen LogP contribution in [0.25, 0.3) is 0 Å². The van der Waals surface area contributed by atoms with Gasteiger partial charge in [0.05, 0.1) is 11.4 Å². The van der Waals surface area contributed by atoms with Crippen molar-refractivity contribution in [1.82, 2.24) is 14.7 Å². The number of hydrogen-bond donors (Lipinski definition) is 0. The first-order chi connectivity index (χ1) is 7.71. The fourth-order valence-electron chi connectivity index (χ4n) is 1.86. The topological polar surface area (TPSA) is 21.1 Å². The van der Waals surface area contributed by atoms with Crippen molar-refractivity contribution in [1.29, 1.82) is 0 Å². The van der Waals surface area contributed by atoms with Gasteiger partial charge in [-0.3, -0.25) is 9.58 Å². The molecule has 0 saturated heterocycles. The normalized spacial score (nSPS) is 11.3. The second-order valence-corrected chi connectivity index (χ2v) is 4.80. The van der Waals surface area contributed by atoms with Gasteiger partial charge in [-0.05, 0) is 39.4 Å². The van der Waals surface area contributed by atoms with E-state index in [9.17, 15) is 0 Å². The molecule has 4 heteroatoms. The van der Waals surface area contributed by atoms with Gasteiger partial charge in [-0.1, -0.05) is 22.9 Å². The van der Waals surface area contributed by atoms with E-state index < -0.39 is 0 Å². The van der Waals surface area contributed by atoms with Crippen molar-refractivity contribution in [2.24, 2.45) is 0 Å². The smallest absolute Gasteiger partial charge is 0.0597 e. The van der Waals surface area contributed by atoms with Crippen molar-refractivity contribution in [2.75, 3.05) is 18.4 Å². The Morgan fingerprint density at radius 2 is 2.19 bits per heavy atom. The average molecular weight is 288 g/mol. The van der Waals surface area contributed by atoms with E-state index in [1.165, 1.54) is 12.1 Å². The summed E-state index contributed by atoms with van der Waals surface area (Å²) in [4.78, 5) is 2.46. The Kier molecular flexibility index (Phi) is 6.06. The lowest BCUT2D eigenvalue weighted by molar-refractivity contribution is 0.272. The van der Waals surface area contributed by atoms with E-state index in [1.807, 2.05) is 0 Å². The third kappa shape index (κ3) is 3.91. The molecule has 0 aliphatic rings. The maximum atomic E-state index is 4.48. The standard InChI is InChI=1S/C12H22BrN3/c1-4-15(8-6-7-13)10-12-9-11(3)14-16(12)5-2/h9H,4-8,10H2,1-3H3. The molecule has 3 nitrogen and oxygen atoms in total. The first-order valence-corrected chi connectivity index (χ1v) is 7.15. The van der Waals surface area contributed by atoms with Crippen LogP contribution in [0.3, 0.4) is 0 Å². The minimum atomic E-state index is 0.958. The van der Waals surface area contributed by atoms with Gasteiger partial charge in [0.15, 0.2) is 0 Å². The highest BCUT2D eigenvalue weighted by Crippen LogP contribution is 2.08. The van der Waals surface area contributed by atoms with E-state index in [-0.39, 0.29) is 0 Å². The second-order valence-electron chi connectivity index (χ2n) is 4.00. The second kappa shape index (κ2) is 7.07. The summed E-state index contributed by atoms with van der Waals surface area (Å²) in [5.74, 6) is 0. The molecule has 0 radical (unpaired) electrons. The molecule has 0 atom stereocenters. The Labute approximate surface area is 107 Å². The zero-order valence-corrected chi connectivity index (χ0v) is 12.1. The average Bonchev–Trinajstić information content (AvgIpc) is 2.64. The van der Waals surface area contributed by atoms with Gasteiger partial charge in [-0.15, -0.1) is 0 Å². The van der Waals surface area contributed by atoms with Crippen LogP contribution in [0.4, 0.5) is 0 Å². The Balaban J connectivity index is 2.61. The fourth-order valence-corrected chi connectivity index (χ4v) is 2.11.